The predicted molar refractivity (Wildman–Crippen MR) is 45.6 cm³/mol. The number of carbonyl (C=O) groups is 1. The summed E-state index contributed by atoms with van der Waals surface area (Å²) in [5, 5.41) is 0.205. The maximum absolute atomic E-state index is 10.6. The lowest BCUT2D eigenvalue weighted by molar-refractivity contribution is -0.109. The van der Waals surface area contributed by atoms with Crippen LogP contribution in [0.3, 0.4) is 0 Å². The molecule has 1 aliphatic rings. The zero-order valence-electron chi connectivity index (χ0n) is 3.64. The molecular weight excluding hydrogens is 276 g/mol. The molecule has 1 rings (SSSR count). The molecule has 0 amide bonds. The molecule has 0 radical (unpaired) electrons. The lowest BCUT2D eigenvalue weighted by atomic mass is 10.5. The Hall–Kier alpha value is 1.33. The summed E-state index contributed by atoms with van der Waals surface area (Å²) in [5.41, 5.74) is 0. The molecule has 0 aromatic heterocycles. The summed E-state index contributed by atoms with van der Waals surface area (Å²) in [6, 6.07) is 0. The average Bonchev–Trinajstić information content (AvgIpc) is 1.98. The van der Waals surface area contributed by atoms with Gasteiger partial charge in [0.1, 0.15) is 4.83 Å². The zero-order chi connectivity index (χ0) is 6.15. The third-order valence-corrected chi connectivity index (χ3v) is 7.19. The molecule has 0 aliphatic carbocycles. The Kier molecular flexibility index (Phi) is 2.74. The highest BCUT2D eigenvalue weighted by molar-refractivity contribution is 9.16. The highest BCUT2D eigenvalue weighted by Crippen LogP contribution is 2.45. The lowest BCUT2D eigenvalue weighted by Crippen LogP contribution is -2.10. The average molecular weight is 278 g/mol. The van der Waals surface area contributed by atoms with Crippen LogP contribution in [0.2, 0.25) is 0 Å². The second-order valence-electron chi connectivity index (χ2n) is 1.25. The fraction of sp³-hybridized carbons (Fsp3) is 0.667. The second-order valence-corrected chi connectivity index (χ2v) is 6.18. The minimum atomic E-state index is -0.00231. The monoisotopic (exact) mass is 276 g/mol. The SMILES string of the molecule is O=C1SSC(Br)C1Br. The molecule has 1 fully saturated rings. The summed E-state index contributed by atoms with van der Waals surface area (Å²) in [6.07, 6.45) is 0. The molecule has 5 heteroatoms. The molecule has 8 heavy (non-hydrogen) atoms. The van der Waals surface area contributed by atoms with Crippen molar-refractivity contribution in [3.63, 3.8) is 0 Å². The highest BCUT2D eigenvalue weighted by Gasteiger charge is 2.32. The summed E-state index contributed by atoms with van der Waals surface area (Å²) >= 11 is 6.55. The molecule has 1 heterocycles. The smallest absolute Gasteiger partial charge is 0.215 e. The van der Waals surface area contributed by atoms with Crippen molar-refractivity contribution in [2.45, 2.75) is 8.99 Å². The Bertz CT molecular complexity index is 118. The summed E-state index contributed by atoms with van der Waals surface area (Å²) in [6.45, 7) is 0. The number of hydrogen-bond acceptors (Lipinski definition) is 3. The maximum atomic E-state index is 10.6. The van der Waals surface area contributed by atoms with E-state index in [0.29, 0.717) is 0 Å². The molecule has 2 unspecified atom stereocenters. The van der Waals surface area contributed by atoms with Gasteiger partial charge in [-0.3, -0.25) is 4.79 Å². The number of carbonyl (C=O) groups excluding carboxylic acids is 1. The molecule has 1 saturated heterocycles. The topological polar surface area (TPSA) is 17.1 Å². The van der Waals surface area contributed by atoms with Gasteiger partial charge in [-0.2, -0.15) is 0 Å². The first-order chi connectivity index (χ1) is 3.72. The lowest BCUT2D eigenvalue weighted by Gasteiger charge is -1.96. The van der Waals surface area contributed by atoms with Crippen LogP contribution < -0.4 is 0 Å². The Balaban J connectivity index is 2.56. The van der Waals surface area contributed by atoms with Crippen molar-refractivity contribution < 1.29 is 4.79 Å². The molecule has 0 spiro atoms. The zero-order valence-corrected chi connectivity index (χ0v) is 8.44. The van der Waals surface area contributed by atoms with Gasteiger partial charge >= 0.3 is 0 Å². The van der Waals surface area contributed by atoms with E-state index in [1.807, 2.05) is 0 Å². The first-order valence-electron chi connectivity index (χ1n) is 1.87. The van der Waals surface area contributed by atoms with E-state index in [2.05, 4.69) is 31.9 Å². The number of rotatable bonds is 0. The van der Waals surface area contributed by atoms with E-state index >= 15 is 0 Å². The first-order valence-corrected chi connectivity index (χ1v) is 5.91. The molecular formula is C3H2Br2OS2. The molecule has 0 N–H and O–H groups in total. The van der Waals surface area contributed by atoms with Crippen LogP contribution in [-0.4, -0.2) is 14.1 Å². The van der Waals surface area contributed by atoms with Crippen molar-refractivity contribution in [2.75, 3.05) is 0 Å². The van der Waals surface area contributed by atoms with E-state index in [1.54, 1.807) is 10.8 Å². The van der Waals surface area contributed by atoms with Crippen LogP contribution in [0.1, 0.15) is 0 Å². The highest BCUT2D eigenvalue weighted by atomic mass is 79.9. The van der Waals surface area contributed by atoms with Gasteiger partial charge in [0.2, 0.25) is 5.12 Å². The van der Waals surface area contributed by atoms with Gasteiger partial charge in [-0.1, -0.05) is 42.7 Å². The van der Waals surface area contributed by atoms with Crippen molar-refractivity contribution in [3.8, 4) is 0 Å². The van der Waals surface area contributed by atoms with Crippen molar-refractivity contribution >= 4 is 58.6 Å². The Morgan fingerprint density at radius 3 is 2.25 bits per heavy atom. The van der Waals surface area contributed by atoms with Gasteiger partial charge in [0, 0.05) is 0 Å². The molecule has 2 atom stereocenters. The van der Waals surface area contributed by atoms with E-state index < -0.39 is 0 Å². The molecule has 1 nitrogen and oxygen atoms in total. The van der Waals surface area contributed by atoms with Crippen LogP contribution in [-0.2, 0) is 4.79 Å². The standard InChI is InChI=1S/C3H2Br2OS2/c4-1-2(5)7-8-3(1)6/h1-2H. The van der Waals surface area contributed by atoms with Gasteiger partial charge in [-0.05, 0) is 10.8 Å². The molecule has 0 bridgehead atoms. The van der Waals surface area contributed by atoms with E-state index in [1.165, 1.54) is 10.8 Å². The first kappa shape index (κ1) is 7.44. The van der Waals surface area contributed by atoms with Crippen LogP contribution in [0.15, 0.2) is 0 Å². The minimum Gasteiger partial charge on any atom is -0.285 e. The summed E-state index contributed by atoms with van der Waals surface area (Å²) in [7, 11) is 2.85. The van der Waals surface area contributed by atoms with E-state index in [9.17, 15) is 4.79 Å². The third-order valence-electron chi connectivity index (χ3n) is 0.677. The van der Waals surface area contributed by atoms with Gasteiger partial charge in [0.05, 0.1) is 4.16 Å². The largest absolute Gasteiger partial charge is 0.285 e. The quantitative estimate of drug-likeness (QED) is 0.500. The molecule has 1 aliphatic heterocycles. The van der Waals surface area contributed by atoms with Crippen molar-refractivity contribution in [2.24, 2.45) is 0 Å². The number of alkyl halides is 2. The van der Waals surface area contributed by atoms with Gasteiger partial charge in [-0.15, -0.1) is 0 Å². The second kappa shape index (κ2) is 2.94. The molecule has 0 aromatic rings. The van der Waals surface area contributed by atoms with Crippen LogP contribution in [0.5, 0.6) is 0 Å². The van der Waals surface area contributed by atoms with Crippen LogP contribution >= 0.6 is 53.4 Å². The third kappa shape index (κ3) is 1.43. The van der Waals surface area contributed by atoms with E-state index in [4.69, 9.17) is 0 Å². The van der Waals surface area contributed by atoms with Crippen molar-refractivity contribution in [1.29, 1.82) is 0 Å². The fourth-order valence-electron chi connectivity index (χ4n) is 0.295. The number of halogens is 2. The van der Waals surface area contributed by atoms with Crippen molar-refractivity contribution in [1.82, 2.24) is 0 Å². The van der Waals surface area contributed by atoms with Crippen LogP contribution in [0, 0.1) is 0 Å². The molecule has 0 saturated carbocycles. The van der Waals surface area contributed by atoms with E-state index in [0.717, 1.165) is 0 Å². The summed E-state index contributed by atoms with van der Waals surface area (Å²) < 4.78 is 0.250. The summed E-state index contributed by atoms with van der Waals surface area (Å²) in [4.78, 5) is 10.6. The molecule has 0 aromatic carbocycles. The fourth-order valence-corrected chi connectivity index (χ4v) is 4.73. The minimum absolute atomic E-state index is 0.00231. The Morgan fingerprint density at radius 1 is 1.50 bits per heavy atom. The molecule has 46 valence electrons. The Labute approximate surface area is 72.0 Å². The Morgan fingerprint density at radius 2 is 2.12 bits per heavy atom. The van der Waals surface area contributed by atoms with Gasteiger partial charge < -0.3 is 0 Å². The van der Waals surface area contributed by atoms with E-state index in [-0.39, 0.29) is 14.1 Å². The van der Waals surface area contributed by atoms with Crippen LogP contribution in [0.4, 0.5) is 0 Å². The van der Waals surface area contributed by atoms with Gasteiger partial charge in [-0.25, -0.2) is 0 Å². The summed E-state index contributed by atoms with van der Waals surface area (Å²) in [5.74, 6) is 0. The predicted octanol–water partition coefficient (Wildman–Crippen LogP) is 2.39. The van der Waals surface area contributed by atoms with Crippen LogP contribution in [0.25, 0.3) is 0 Å². The maximum Gasteiger partial charge on any atom is 0.215 e. The van der Waals surface area contributed by atoms with Gasteiger partial charge in [0.25, 0.3) is 0 Å². The number of hydrogen-bond donors (Lipinski definition) is 0. The van der Waals surface area contributed by atoms with Gasteiger partial charge in [0.15, 0.2) is 0 Å². The van der Waals surface area contributed by atoms with Crippen molar-refractivity contribution in [3.05, 3.63) is 0 Å². The normalized spacial score (nSPS) is 38.5.